The summed E-state index contributed by atoms with van der Waals surface area (Å²) in [5, 5.41) is 4.37. The van der Waals surface area contributed by atoms with Crippen molar-refractivity contribution in [2.75, 3.05) is 38.7 Å². The molecule has 1 saturated heterocycles. The van der Waals surface area contributed by atoms with E-state index in [2.05, 4.69) is 15.1 Å². The van der Waals surface area contributed by atoms with Crippen LogP contribution in [0.3, 0.4) is 0 Å². The molecular formula is C17H24N6O2. The fourth-order valence-corrected chi connectivity index (χ4v) is 2.87. The van der Waals surface area contributed by atoms with E-state index in [4.69, 9.17) is 4.74 Å². The van der Waals surface area contributed by atoms with Gasteiger partial charge in [0.2, 0.25) is 11.9 Å². The van der Waals surface area contributed by atoms with Crippen LogP contribution in [-0.4, -0.2) is 64.3 Å². The van der Waals surface area contributed by atoms with Crippen molar-refractivity contribution >= 4 is 11.9 Å². The highest BCUT2D eigenvalue weighted by Crippen LogP contribution is 2.22. The maximum atomic E-state index is 12.6. The fraction of sp³-hybridized carbons (Fsp3) is 0.529. The lowest BCUT2D eigenvalue weighted by Gasteiger charge is -2.33. The number of morpholine rings is 1. The Kier molecular flexibility index (Phi) is 4.98. The van der Waals surface area contributed by atoms with Gasteiger partial charge in [-0.05, 0) is 26.0 Å². The van der Waals surface area contributed by atoms with Crippen molar-refractivity contribution in [3.63, 3.8) is 0 Å². The molecule has 0 bridgehead atoms. The van der Waals surface area contributed by atoms with Gasteiger partial charge in [-0.25, -0.2) is 9.97 Å². The summed E-state index contributed by atoms with van der Waals surface area (Å²) in [6.45, 7) is 5.70. The Morgan fingerprint density at radius 3 is 2.88 bits per heavy atom. The second kappa shape index (κ2) is 7.18. The fourth-order valence-electron chi connectivity index (χ4n) is 2.87. The second-order valence-electron chi connectivity index (χ2n) is 6.46. The molecule has 25 heavy (non-hydrogen) atoms. The molecule has 2 aromatic rings. The minimum absolute atomic E-state index is 0.0430. The first-order chi connectivity index (χ1) is 11.9. The predicted octanol–water partition coefficient (Wildman–Crippen LogP) is 0.956. The first kappa shape index (κ1) is 17.3. The molecule has 1 aliphatic heterocycles. The molecule has 1 fully saturated rings. The quantitative estimate of drug-likeness (QED) is 0.822. The van der Waals surface area contributed by atoms with Gasteiger partial charge in [0, 0.05) is 32.5 Å². The Labute approximate surface area is 147 Å². The van der Waals surface area contributed by atoms with Crippen LogP contribution in [0.25, 0.3) is 0 Å². The van der Waals surface area contributed by atoms with Gasteiger partial charge >= 0.3 is 0 Å². The number of anilines is 1. The highest BCUT2D eigenvalue weighted by atomic mass is 16.5. The van der Waals surface area contributed by atoms with Crippen LogP contribution in [0, 0.1) is 13.8 Å². The number of hydrogen-bond acceptors (Lipinski definition) is 6. The Hall–Kier alpha value is -2.48. The van der Waals surface area contributed by atoms with E-state index in [-0.39, 0.29) is 18.6 Å². The molecule has 1 aliphatic rings. The zero-order valence-corrected chi connectivity index (χ0v) is 15.1. The molecule has 134 valence electrons. The van der Waals surface area contributed by atoms with Crippen LogP contribution in [0.1, 0.15) is 23.2 Å². The first-order valence-electron chi connectivity index (χ1n) is 8.34. The molecule has 0 radical (unpaired) electrons. The zero-order chi connectivity index (χ0) is 18.0. The van der Waals surface area contributed by atoms with E-state index in [0.717, 1.165) is 17.1 Å². The minimum atomic E-state index is -0.236. The molecule has 0 aliphatic carbocycles. The van der Waals surface area contributed by atoms with Gasteiger partial charge in [0.25, 0.3) is 0 Å². The summed E-state index contributed by atoms with van der Waals surface area (Å²) in [7, 11) is 3.79. The summed E-state index contributed by atoms with van der Waals surface area (Å²) in [5.74, 6) is 0.675. The van der Waals surface area contributed by atoms with E-state index >= 15 is 0 Å². The smallest absolute Gasteiger partial charge is 0.244 e. The molecule has 1 atom stereocenters. The molecule has 0 N–H and O–H groups in total. The third-order valence-electron chi connectivity index (χ3n) is 4.20. The molecule has 0 spiro atoms. The second-order valence-corrected chi connectivity index (χ2v) is 6.46. The molecule has 0 saturated carbocycles. The van der Waals surface area contributed by atoms with Crippen molar-refractivity contribution in [2.24, 2.45) is 0 Å². The molecule has 2 aromatic heterocycles. The first-order valence-corrected chi connectivity index (χ1v) is 8.34. The van der Waals surface area contributed by atoms with Gasteiger partial charge in [-0.1, -0.05) is 0 Å². The summed E-state index contributed by atoms with van der Waals surface area (Å²) in [6.07, 6.45) is 1.48. The molecule has 0 aromatic carbocycles. The highest BCUT2D eigenvalue weighted by molar-refractivity contribution is 5.76. The topological polar surface area (TPSA) is 76.4 Å². The zero-order valence-electron chi connectivity index (χ0n) is 15.1. The Balaban J connectivity index is 1.69. The summed E-state index contributed by atoms with van der Waals surface area (Å²) in [5.41, 5.74) is 2.70. The van der Waals surface area contributed by atoms with Gasteiger partial charge in [0.05, 0.1) is 24.5 Å². The van der Waals surface area contributed by atoms with E-state index in [1.807, 2.05) is 49.9 Å². The molecular weight excluding hydrogens is 320 g/mol. The lowest BCUT2D eigenvalue weighted by atomic mass is 10.2. The van der Waals surface area contributed by atoms with Gasteiger partial charge in [0.15, 0.2) is 0 Å². The summed E-state index contributed by atoms with van der Waals surface area (Å²) < 4.78 is 7.58. The normalized spacial score (nSPS) is 17.6. The monoisotopic (exact) mass is 344 g/mol. The van der Waals surface area contributed by atoms with Gasteiger partial charge < -0.3 is 14.5 Å². The largest absolute Gasteiger partial charge is 0.368 e. The molecule has 3 rings (SSSR count). The number of aromatic nitrogens is 4. The number of amides is 1. The average molecular weight is 344 g/mol. The minimum Gasteiger partial charge on any atom is -0.368 e. The lowest BCUT2D eigenvalue weighted by molar-refractivity contribution is -0.140. The number of aryl methyl sites for hydroxylation is 2. The van der Waals surface area contributed by atoms with E-state index in [1.165, 1.54) is 0 Å². The van der Waals surface area contributed by atoms with Crippen LogP contribution >= 0.6 is 0 Å². The van der Waals surface area contributed by atoms with Gasteiger partial charge in [-0.15, -0.1) is 0 Å². The van der Waals surface area contributed by atoms with Gasteiger partial charge in [-0.2, -0.15) is 5.10 Å². The van der Waals surface area contributed by atoms with Crippen molar-refractivity contribution < 1.29 is 9.53 Å². The number of hydrogen-bond donors (Lipinski definition) is 0. The Bertz CT molecular complexity index is 757. The molecule has 8 nitrogen and oxygen atoms in total. The van der Waals surface area contributed by atoms with E-state index in [0.29, 0.717) is 25.6 Å². The molecule has 3 heterocycles. The highest BCUT2D eigenvalue weighted by Gasteiger charge is 2.27. The Morgan fingerprint density at radius 1 is 1.40 bits per heavy atom. The molecule has 0 unspecified atom stereocenters. The average Bonchev–Trinajstić information content (AvgIpc) is 2.92. The van der Waals surface area contributed by atoms with Crippen molar-refractivity contribution in [3.8, 4) is 0 Å². The summed E-state index contributed by atoms with van der Waals surface area (Å²) in [4.78, 5) is 25.1. The van der Waals surface area contributed by atoms with E-state index in [9.17, 15) is 4.79 Å². The van der Waals surface area contributed by atoms with Crippen LogP contribution in [-0.2, 0) is 16.1 Å². The number of ether oxygens (including phenoxy) is 1. The van der Waals surface area contributed by atoms with Crippen molar-refractivity contribution in [3.05, 3.63) is 35.4 Å². The van der Waals surface area contributed by atoms with Crippen LogP contribution in [0.5, 0.6) is 0 Å². The van der Waals surface area contributed by atoms with Crippen molar-refractivity contribution in [1.29, 1.82) is 0 Å². The summed E-state index contributed by atoms with van der Waals surface area (Å²) >= 11 is 0. The number of carbonyl (C=O) groups excluding carboxylic acids is 1. The standard InChI is InChI=1S/C17H24N6O2/c1-12-9-13(2)23(20-12)11-16(24)22-7-8-25-15(10-22)14-5-6-18-17(19-14)21(3)4/h5-6,9,15H,7-8,10-11H2,1-4H3/t15-/m1/s1. The Morgan fingerprint density at radius 2 is 2.20 bits per heavy atom. The maximum absolute atomic E-state index is 12.6. The van der Waals surface area contributed by atoms with Crippen molar-refractivity contribution in [1.82, 2.24) is 24.6 Å². The van der Waals surface area contributed by atoms with Crippen LogP contribution in [0.2, 0.25) is 0 Å². The van der Waals surface area contributed by atoms with Gasteiger partial charge in [0.1, 0.15) is 12.6 Å². The van der Waals surface area contributed by atoms with Crippen molar-refractivity contribution in [2.45, 2.75) is 26.5 Å². The maximum Gasteiger partial charge on any atom is 0.244 e. The van der Waals surface area contributed by atoms with E-state index < -0.39 is 0 Å². The predicted molar refractivity (Wildman–Crippen MR) is 93.3 cm³/mol. The number of nitrogens with zero attached hydrogens (tertiary/aromatic N) is 6. The molecule has 1 amide bonds. The SMILES string of the molecule is Cc1cc(C)n(CC(=O)N2CCO[C@@H](c3ccnc(N(C)C)n3)C2)n1. The third-order valence-corrected chi connectivity index (χ3v) is 4.20. The van der Waals surface area contributed by atoms with Crippen LogP contribution < -0.4 is 4.90 Å². The van der Waals surface area contributed by atoms with Gasteiger partial charge in [-0.3, -0.25) is 9.48 Å². The lowest BCUT2D eigenvalue weighted by Crippen LogP contribution is -2.44. The van der Waals surface area contributed by atoms with Crippen LogP contribution in [0.4, 0.5) is 5.95 Å². The molecule has 8 heteroatoms. The number of rotatable bonds is 4. The van der Waals surface area contributed by atoms with E-state index in [1.54, 1.807) is 10.9 Å². The third kappa shape index (κ3) is 3.96. The summed E-state index contributed by atoms with van der Waals surface area (Å²) in [6, 6.07) is 3.81. The number of carbonyl (C=O) groups is 1. The van der Waals surface area contributed by atoms with Crippen LogP contribution in [0.15, 0.2) is 18.3 Å².